The first kappa shape index (κ1) is 7.56. The van der Waals surface area contributed by atoms with Gasteiger partial charge in [0.1, 0.15) is 0 Å². The first-order chi connectivity index (χ1) is 5.42. The average Bonchev–Trinajstić information content (AvgIpc) is 2.47. The molecule has 2 rings (SSSR count). The SMILES string of the molecule is NCC1CNC2CCCCC12. The molecule has 2 fully saturated rings. The third-order valence-corrected chi connectivity index (χ3v) is 3.37. The fourth-order valence-electron chi connectivity index (χ4n) is 2.69. The van der Waals surface area contributed by atoms with Gasteiger partial charge in [-0.25, -0.2) is 0 Å². The summed E-state index contributed by atoms with van der Waals surface area (Å²) in [4.78, 5) is 0. The molecule has 3 N–H and O–H groups in total. The molecule has 1 aliphatic heterocycles. The van der Waals surface area contributed by atoms with Crippen molar-refractivity contribution in [3.05, 3.63) is 0 Å². The Morgan fingerprint density at radius 1 is 1.27 bits per heavy atom. The fraction of sp³-hybridized carbons (Fsp3) is 1.00. The molecule has 1 aliphatic carbocycles. The highest BCUT2D eigenvalue weighted by Gasteiger charge is 2.35. The lowest BCUT2D eigenvalue weighted by atomic mass is 9.80. The van der Waals surface area contributed by atoms with Gasteiger partial charge in [-0.15, -0.1) is 0 Å². The third kappa shape index (κ3) is 1.30. The van der Waals surface area contributed by atoms with E-state index in [0.717, 1.165) is 24.4 Å². The van der Waals surface area contributed by atoms with Crippen LogP contribution in [0.15, 0.2) is 0 Å². The van der Waals surface area contributed by atoms with Crippen molar-refractivity contribution >= 4 is 0 Å². The molecule has 1 saturated carbocycles. The van der Waals surface area contributed by atoms with E-state index in [1.165, 1.54) is 32.2 Å². The maximum Gasteiger partial charge on any atom is 0.00990 e. The summed E-state index contributed by atoms with van der Waals surface area (Å²) in [5, 5.41) is 3.58. The first-order valence-corrected chi connectivity index (χ1v) is 4.85. The molecular weight excluding hydrogens is 136 g/mol. The van der Waals surface area contributed by atoms with Crippen LogP contribution in [0, 0.1) is 11.8 Å². The molecule has 3 unspecified atom stereocenters. The van der Waals surface area contributed by atoms with Crippen LogP contribution < -0.4 is 11.1 Å². The van der Waals surface area contributed by atoms with Gasteiger partial charge in [-0.3, -0.25) is 0 Å². The Bertz CT molecular complexity index is 130. The highest BCUT2D eigenvalue weighted by molar-refractivity contribution is 4.92. The van der Waals surface area contributed by atoms with Gasteiger partial charge in [0.15, 0.2) is 0 Å². The maximum atomic E-state index is 5.70. The van der Waals surface area contributed by atoms with Crippen LogP contribution in [-0.2, 0) is 0 Å². The zero-order valence-electron chi connectivity index (χ0n) is 7.05. The second-order valence-corrected chi connectivity index (χ2v) is 3.96. The fourth-order valence-corrected chi connectivity index (χ4v) is 2.69. The van der Waals surface area contributed by atoms with Gasteiger partial charge >= 0.3 is 0 Å². The molecule has 0 amide bonds. The lowest BCUT2D eigenvalue weighted by molar-refractivity contribution is 0.278. The van der Waals surface area contributed by atoms with E-state index in [4.69, 9.17) is 5.73 Å². The van der Waals surface area contributed by atoms with Gasteiger partial charge in [-0.05, 0) is 37.8 Å². The van der Waals surface area contributed by atoms with Crippen LogP contribution in [0.25, 0.3) is 0 Å². The molecule has 0 aromatic rings. The van der Waals surface area contributed by atoms with E-state index in [2.05, 4.69) is 5.32 Å². The summed E-state index contributed by atoms with van der Waals surface area (Å²) in [6.07, 6.45) is 5.66. The summed E-state index contributed by atoms with van der Waals surface area (Å²) in [5.74, 6) is 1.69. The maximum absolute atomic E-state index is 5.70. The van der Waals surface area contributed by atoms with Crippen LogP contribution in [0.4, 0.5) is 0 Å². The van der Waals surface area contributed by atoms with Crippen LogP contribution in [0.2, 0.25) is 0 Å². The van der Waals surface area contributed by atoms with Gasteiger partial charge in [0, 0.05) is 6.04 Å². The van der Waals surface area contributed by atoms with Crippen molar-refractivity contribution in [1.82, 2.24) is 5.32 Å². The standard InChI is InChI=1S/C9H18N2/c10-5-7-6-11-9-4-2-1-3-8(7)9/h7-9,11H,1-6,10H2. The van der Waals surface area contributed by atoms with Gasteiger partial charge in [0.2, 0.25) is 0 Å². The minimum Gasteiger partial charge on any atom is -0.330 e. The van der Waals surface area contributed by atoms with Crippen molar-refractivity contribution in [2.75, 3.05) is 13.1 Å². The third-order valence-electron chi connectivity index (χ3n) is 3.37. The largest absolute Gasteiger partial charge is 0.330 e. The van der Waals surface area contributed by atoms with E-state index >= 15 is 0 Å². The molecule has 2 heteroatoms. The van der Waals surface area contributed by atoms with Gasteiger partial charge < -0.3 is 11.1 Å². The molecule has 0 bridgehead atoms. The predicted molar refractivity (Wildman–Crippen MR) is 46.3 cm³/mol. The van der Waals surface area contributed by atoms with E-state index in [9.17, 15) is 0 Å². The van der Waals surface area contributed by atoms with Crippen LogP contribution in [0.5, 0.6) is 0 Å². The molecule has 2 nitrogen and oxygen atoms in total. The Hall–Kier alpha value is -0.0800. The van der Waals surface area contributed by atoms with Crippen molar-refractivity contribution in [2.24, 2.45) is 17.6 Å². The summed E-state index contributed by atoms with van der Waals surface area (Å²) >= 11 is 0. The van der Waals surface area contributed by atoms with Crippen LogP contribution in [0.3, 0.4) is 0 Å². The van der Waals surface area contributed by atoms with Crippen molar-refractivity contribution < 1.29 is 0 Å². The molecule has 0 spiro atoms. The first-order valence-electron chi connectivity index (χ1n) is 4.85. The van der Waals surface area contributed by atoms with Gasteiger partial charge in [-0.1, -0.05) is 12.8 Å². The number of nitrogens with one attached hydrogen (secondary N) is 1. The zero-order chi connectivity index (χ0) is 7.68. The van der Waals surface area contributed by atoms with Crippen LogP contribution >= 0.6 is 0 Å². The molecule has 2 aliphatic rings. The molecule has 1 heterocycles. The normalized spacial score (nSPS) is 43.9. The van der Waals surface area contributed by atoms with Crippen molar-refractivity contribution in [3.8, 4) is 0 Å². The summed E-state index contributed by atoms with van der Waals surface area (Å²) in [6.45, 7) is 2.06. The molecule has 0 aromatic heterocycles. The van der Waals surface area contributed by atoms with Gasteiger partial charge in [0.25, 0.3) is 0 Å². The highest BCUT2D eigenvalue weighted by Crippen LogP contribution is 2.33. The second kappa shape index (κ2) is 3.11. The van der Waals surface area contributed by atoms with Gasteiger partial charge in [0.05, 0.1) is 0 Å². The minimum atomic E-state index is 0.778. The number of hydrogen-bond donors (Lipinski definition) is 2. The van der Waals surface area contributed by atoms with Gasteiger partial charge in [-0.2, -0.15) is 0 Å². The van der Waals surface area contributed by atoms with E-state index in [1.807, 2.05) is 0 Å². The van der Waals surface area contributed by atoms with Crippen molar-refractivity contribution in [3.63, 3.8) is 0 Å². The van der Waals surface area contributed by atoms with E-state index < -0.39 is 0 Å². The van der Waals surface area contributed by atoms with E-state index in [-0.39, 0.29) is 0 Å². The summed E-state index contributed by atoms with van der Waals surface area (Å²) in [6, 6.07) is 0.817. The number of hydrogen-bond acceptors (Lipinski definition) is 2. The quantitative estimate of drug-likeness (QED) is 0.584. The summed E-state index contributed by atoms with van der Waals surface area (Å²) < 4.78 is 0. The Labute approximate surface area is 68.5 Å². The second-order valence-electron chi connectivity index (χ2n) is 3.96. The molecular formula is C9H18N2. The Kier molecular flexibility index (Phi) is 2.14. The molecule has 0 aromatic carbocycles. The predicted octanol–water partition coefficient (Wildman–Crippen LogP) is 0.723. The Morgan fingerprint density at radius 3 is 2.91 bits per heavy atom. The van der Waals surface area contributed by atoms with E-state index in [0.29, 0.717) is 0 Å². The molecule has 0 radical (unpaired) electrons. The van der Waals surface area contributed by atoms with Crippen LogP contribution in [0.1, 0.15) is 25.7 Å². The zero-order valence-corrected chi connectivity index (χ0v) is 7.05. The van der Waals surface area contributed by atoms with Crippen molar-refractivity contribution in [1.29, 1.82) is 0 Å². The highest BCUT2D eigenvalue weighted by atomic mass is 15.0. The number of fused-ring (bicyclic) bond motifs is 1. The van der Waals surface area contributed by atoms with Crippen LogP contribution in [-0.4, -0.2) is 19.1 Å². The Morgan fingerprint density at radius 2 is 2.09 bits per heavy atom. The minimum absolute atomic E-state index is 0.778. The molecule has 3 atom stereocenters. The topological polar surface area (TPSA) is 38.0 Å². The van der Waals surface area contributed by atoms with Crippen molar-refractivity contribution in [2.45, 2.75) is 31.7 Å². The lowest BCUT2D eigenvalue weighted by Gasteiger charge is -2.27. The summed E-state index contributed by atoms with van der Waals surface area (Å²) in [7, 11) is 0. The lowest BCUT2D eigenvalue weighted by Crippen LogP contribution is -2.31. The number of rotatable bonds is 1. The van der Waals surface area contributed by atoms with E-state index in [1.54, 1.807) is 0 Å². The average molecular weight is 154 g/mol. The Balaban J connectivity index is 1.98. The molecule has 64 valence electrons. The molecule has 11 heavy (non-hydrogen) atoms. The molecule has 1 saturated heterocycles. The summed E-state index contributed by atoms with van der Waals surface area (Å²) in [5.41, 5.74) is 5.70. The monoisotopic (exact) mass is 154 g/mol. The number of nitrogens with two attached hydrogens (primary N) is 1. The smallest absolute Gasteiger partial charge is 0.00990 e.